The number of benzene rings is 2. The summed E-state index contributed by atoms with van der Waals surface area (Å²) in [5.74, 6) is 0.0854. The van der Waals surface area contributed by atoms with Gasteiger partial charge in [0.2, 0.25) is 17.7 Å². The Morgan fingerprint density at radius 2 is 1.15 bits per heavy atom. The molecule has 7 nitrogen and oxygen atoms in total. The highest BCUT2D eigenvalue weighted by atomic mass is 16.2. The Morgan fingerprint density at radius 3 is 1.65 bits per heavy atom. The molecule has 3 aliphatic heterocycles. The minimum Gasteiger partial charge on any atom is -0.301 e. The van der Waals surface area contributed by atoms with Crippen molar-refractivity contribution >= 4 is 34.8 Å². The quantitative estimate of drug-likeness (QED) is 0.553. The standard InChI is InChI=1S/C27H24N4O3/c1-27(2,3)20-8-9-28-12-19(20)17-6-4-16(5-7-17)18-10-22(30-14-25(30)33)23(31-15-26(31)34)11-21(18)29-13-24(29)32/h4-12H,13-15H2,1-3H3. The fraction of sp³-hybridized carbons (Fsp3) is 0.259. The number of hydrogen-bond donors (Lipinski definition) is 0. The van der Waals surface area contributed by atoms with Crippen molar-refractivity contribution in [3.8, 4) is 22.3 Å². The molecule has 0 N–H and O–H groups in total. The minimum atomic E-state index is -0.0186. The number of hydrogen-bond acceptors (Lipinski definition) is 4. The number of aromatic nitrogens is 1. The number of nitrogens with zero attached hydrogens (tertiary/aromatic N) is 4. The van der Waals surface area contributed by atoms with Crippen molar-refractivity contribution in [3.63, 3.8) is 0 Å². The largest absolute Gasteiger partial charge is 0.301 e. The van der Waals surface area contributed by atoms with Gasteiger partial charge < -0.3 is 4.90 Å². The fourth-order valence-corrected chi connectivity index (χ4v) is 4.52. The summed E-state index contributed by atoms with van der Waals surface area (Å²) in [7, 11) is 0. The Hall–Kier alpha value is -4.00. The van der Waals surface area contributed by atoms with E-state index in [1.165, 1.54) is 5.56 Å². The summed E-state index contributed by atoms with van der Waals surface area (Å²) in [6, 6.07) is 14.1. The third-order valence-electron chi connectivity index (χ3n) is 6.57. The summed E-state index contributed by atoms with van der Waals surface area (Å²) < 4.78 is 0. The molecule has 34 heavy (non-hydrogen) atoms. The van der Waals surface area contributed by atoms with Crippen LogP contribution >= 0.6 is 0 Å². The van der Waals surface area contributed by atoms with Crippen LogP contribution in [0.2, 0.25) is 0 Å². The summed E-state index contributed by atoms with van der Waals surface area (Å²) in [5.41, 5.74) is 7.35. The van der Waals surface area contributed by atoms with Crippen molar-refractivity contribution in [1.82, 2.24) is 4.98 Å². The van der Waals surface area contributed by atoms with Crippen LogP contribution in [0.5, 0.6) is 0 Å². The van der Waals surface area contributed by atoms with E-state index in [4.69, 9.17) is 0 Å². The molecule has 0 bridgehead atoms. The zero-order valence-electron chi connectivity index (χ0n) is 19.3. The van der Waals surface area contributed by atoms with E-state index in [2.05, 4.69) is 44.0 Å². The van der Waals surface area contributed by atoms with E-state index >= 15 is 0 Å². The lowest BCUT2D eigenvalue weighted by molar-refractivity contribution is -0.110. The van der Waals surface area contributed by atoms with Crippen molar-refractivity contribution in [2.24, 2.45) is 0 Å². The molecule has 0 atom stereocenters. The highest BCUT2D eigenvalue weighted by Crippen LogP contribution is 2.47. The second-order valence-electron chi connectivity index (χ2n) is 10.0. The number of anilines is 3. The number of amides is 3. The molecule has 3 saturated heterocycles. The first-order chi connectivity index (χ1) is 16.2. The molecule has 3 aromatic rings. The van der Waals surface area contributed by atoms with Gasteiger partial charge in [-0.1, -0.05) is 45.0 Å². The van der Waals surface area contributed by atoms with Crippen LogP contribution in [-0.4, -0.2) is 42.3 Å². The zero-order chi connectivity index (χ0) is 23.8. The van der Waals surface area contributed by atoms with Gasteiger partial charge in [-0.25, -0.2) is 0 Å². The summed E-state index contributed by atoms with van der Waals surface area (Å²) in [6.45, 7) is 7.58. The Bertz CT molecular complexity index is 1390. The molecule has 0 unspecified atom stereocenters. The first-order valence-electron chi connectivity index (χ1n) is 11.4. The first kappa shape index (κ1) is 20.6. The molecule has 7 heteroatoms. The Kier molecular flexibility index (Phi) is 4.24. The van der Waals surface area contributed by atoms with Crippen LogP contribution in [0.3, 0.4) is 0 Å². The predicted molar refractivity (Wildman–Crippen MR) is 131 cm³/mol. The molecule has 0 saturated carbocycles. The summed E-state index contributed by atoms with van der Waals surface area (Å²) in [5, 5.41) is 0. The molecule has 0 spiro atoms. The van der Waals surface area contributed by atoms with Crippen molar-refractivity contribution in [1.29, 1.82) is 0 Å². The number of carbonyl (C=O) groups excluding carboxylic acids is 3. The summed E-state index contributed by atoms with van der Waals surface area (Å²) in [6.07, 6.45) is 3.72. The molecular weight excluding hydrogens is 428 g/mol. The van der Waals surface area contributed by atoms with E-state index in [0.29, 0.717) is 25.3 Å². The van der Waals surface area contributed by atoms with Crippen molar-refractivity contribution in [2.45, 2.75) is 26.2 Å². The van der Waals surface area contributed by atoms with Gasteiger partial charge in [0.1, 0.15) is 19.6 Å². The maximum Gasteiger partial charge on any atom is 0.247 e. The van der Waals surface area contributed by atoms with E-state index < -0.39 is 0 Å². The average Bonchev–Trinajstić information content (AvgIpc) is 3.75. The second kappa shape index (κ2) is 7.00. The van der Waals surface area contributed by atoms with Gasteiger partial charge in [0.05, 0.1) is 17.1 Å². The van der Waals surface area contributed by atoms with Gasteiger partial charge >= 0.3 is 0 Å². The van der Waals surface area contributed by atoms with Crippen LogP contribution < -0.4 is 14.7 Å². The van der Waals surface area contributed by atoms with Gasteiger partial charge in [-0.2, -0.15) is 0 Å². The molecule has 1 aromatic heterocycles. The third kappa shape index (κ3) is 3.44. The van der Waals surface area contributed by atoms with E-state index in [1.54, 1.807) is 14.7 Å². The highest BCUT2D eigenvalue weighted by Gasteiger charge is 2.42. The Balaban J connectivity index is 1.45. The van der Waals surface area contributed by atoms with Crippen LogP contribution in [-0.2, 0) is 19.8 Å². The van der Waals surface area contributed by atoms with Crippen LogP contribution in [0.25, 0.3) is 22.3 Å². The smallest absolute Gasteiger partial charge is 0.247 e. The lowest BCUT2D eigenvalue weighted by atomic mass is 9.82. The molecule has 0 aliphatic carbocycles. The lowest BCUT2D eigenvalue weighted by Gasteiger charge is -2.23. The van der Waals surface area contributed by atoms with Crippen LogP contribution in [0, 0.1) is 0 Å². The molecular formula is C27H24N4O3. The lowest BCUT2D eigenvalue weighted by Crippen LogP contribution is -2.12. The number of carbonyl (C=O) groups is 3. The van der Waals surface area contributed by atoms with Gasteiger partial charge in [0.15, 0.2) is 0 Å². The van der Waals surface area contributed by atoms with Crippen LogP contribution in [0.15, 0.2) is 54.9 Å². The average molecular weight is 453 g/mol. The SMILES string of the molecule is CC(C)(C)c1ccncc1-c1ccc(-c2cc(N3CC3=O)c(N3CC3=O)cc2N2CC2=O)cc1. The molecule has 3 aliphatic rings. The molecule has 6 rings (SSSR count). The van der Waals surface area contributed by atoms with Crippen molar-refractivity contribution < 1.29 is 14.4 Å². The van der Waals surface area contributed by atoms with E-state index in [1.807, 2.05) is 36.7 Å². The van der Waals surface area contributed by atoms with Gasteiger partial charge in [-0.3, -0.25) is 29.2 Å². The first-order valence-corrected chi connectivity index (χ1v) is 11.4. The molecule has 4 heterocycles. The predicted octanol–water partition coefficient (Wildman–Crippen LogP) is 3.75. The van der Waals surface area contributed by atoms with Gasteiger partial charge in [-0.05, 0) is 40.3 Å². The van der Waals surface area contributed by atoms with E-state index in [9.17, 15) is 14.4 Å². The summed E-state index contributed by atoms with van der Waals surface area (Å²) in [4.78, 5) is 45.3. The maximum atomic E-state index is 12.1. The minimum absolute atomic E-state index is 0.0156. The zero-order valence-corrected chi connectivity index (χ0v) is 19.3. The van der Waals surface area contributed by atoms with E-state index in [-0.39, 0.29) is 23.1 Å². The molecule has 170 valence electrons. The topological polar surface area (TPSA) is 73.1 Å². The van der Waals surface area contributed by atoms with Crippen LogP contribution in [0.1, 0.15) is 26.3 Å². The summed E-state index contributed by atoms with van der Waals surface area (Å²) >= 11 is 0. The van der Waals surface area contributed by atoms with Crippen molar-refractivity contribution in [3.05, 3.63) is 60.4 Å². The second-order valence-corrected chi connectivity index (χ2v) is 10.0. The van der Waals surface area contributed by atoms with Gasteiger partial charge in [0.25, 0.3) is 0 Å². The Morgan fingerprint density at radius 1 is 0.676 bits per heavy atom. The highest BCUT2D eigenvalue weighted by molar-refractivity contribution is 6.21. The van der Waals surface area contributed by atoms with Gasteiger partial charge in [-0.15, -0.1) is 0 Å². The number of pyridine rings is 1. The van der Waals surface area contributed by atoms with E-state index in [0.717, 1.165) is 33.6 Å². The van der Waals surface area contributed by atoms with Gasteiger partial charge in [0, 0.05) is 23.5 Å². The monoisotopic (exact) mass is 452 g/mol. The molecule has 3 amide bonds. The normalized spacial score (nSPS) is 16.9. The fourth-order valence-electron chi connectivity index (χ4n) is 4.52. The molecule has 3 fully saturated rings. The number of rotatable bonds is 5. The van der Waals surface area contributed by atoms with Crippen molar-refractivity contribution in [2.75, 3.05) is 34.3 Å². The molecule has 0 radical (unpaired) electrons. The van der Waals surface area contributed by atoms with Crippen LogP contribution in [0.4, 0.5) is 17.1 Å². The maximum absolute atomic E-state index is 12.1. The Labute approximate surface area is 197 Å². The third-order valence-corrected chi connectivity index (χ3v) is 6.57. The molecule has 2 aromatic carbocycles.